The highest BCUT2D eigenvalue weighted by molar-refractivity contribution is 7.12. The molecule has 0 radical (unpaired) electrons. The van der Waals surface area contributed by atoms with Crippen molar-refractivity contribution in [2.24, 2.45) is 4.99 Å². The van der Waals surface area contributed by atoms with Crippen molar-refractivity contribution in [3.05, 3.63) is 117 Å². The Morgan fingerprint density at radius 3 is 2.16 bits per heavy atom. The first-order valence-electron chi connectivity index (χ1n) is 10.1. The van der Waals surface area contributed by atoms with Crippen molar-refractivity contribution in [1.29, 1.82) is 0 Å². The van der Waals surface area contributed by atoms with Gasteiger partial charge < -0.3 is 0 Å². The fourth-order valence-electron chi connectivity index (χ4n) is 3.40. The molecule has 0 aliphatic carbocycles. The number of nitrogens with zero attached hydrogens (tertiary/aromatic N) is 2. The molecule has 31 heavy (non-hydrogen) atoms. The molecule has 0 aliphatic rings. The monoisotopic (exact) mass is 426 g/mol. The Morgan fingerprint density at radius 2 is 1.48 bits per heavy atom. The Kier molecular flexibility index (Phi) is 6.05. The van der Waals surface area contributed by atoms with Gasteiger partial charge in [-0.3, -0.25) is 14.2 Å². The van der Waals surface area contributed by atoms with Crippen LogP contribution in [0, 0.1) is 0 Å². The number of hydrogen-bond acceptors (Lipinski definition) is 3. The summed E-state index contributed by atoms with van der Waals surface area (Å²) in [5.74, 6) is -0.170. The van der Waals surface area contributed by atoms with Crippen LogP contribution < -0.4 is 10.4 Å². The Bertz CT molecular complexity index is 1340. The minimum atomic E-state index is -0.378. The fraction of sp³-hybridized carbons (Fsp3) is 0.115. The summed E-state index contributed by atoms with van der Waals surface area (Å²) >= 11 is 1.33. The third-order valence-corrected chi connectivity index (χ3v) is 5.97. The highest BCUT2D eigenvalue weighted by Gasteiger charge is 2.14. The van der Waals surface area contributed by atoms with E-state index < -0.39 is 0 Å². The van der Waals surface area contributed by atoms with Crippen LogP contribution in [0.5, 0.6) is 0 Å². The number of carbonyl (C=O) groups excluding carboxylic acids is 1. The number of para-hydroxylation sites is 1. The van der Waals surface area contributed by atoms with Crippen molar-refractivity contribution in [2.75, 3.05) is 0 Å². The number of benzene rings is 3. The number of hydrogen-bond donors (Lipinski definition) is 0. The van der Waals surface area contributed by atoms with Gasteiger partial charge in [-0.15, -0.1) is 0 Å². The Hall–Kier alpha value is -3.57. The fourth-order valence-corrected chi connectivity index (χ4v) is 4.41. The zero-order valence-electron chi connectivity index (χ0n) is 17.4. The molecular formula is C26H22N2O2S. The number of rotatable bonds is 4. The summed E-state index contributed by atoms with van der Waals surface area (Å²) in [4.78, 5) is 31.7. The third kappa shape index (κ3) is 4.47. The predicted molar refractivity (Wildman–Crippen MR) is 126 cm³/mol. The van der Waals surface area contributed by atoms with E-state index in [9.17, 15) is 9.59 Å². The number of aromatic nitrogens is 1. The van der Waals surface area contributed by atoms with E-state index in [1.54, 1.807) is 34.9 Å². The first kappa shape index (κ1) is 20.7. The highest BCUT2D eigenvalue weighted by atomic mass is 32.1. The molecule has 0 fully saturated rings. The van der Waals surface area contributed by atoms with Crippen LogP contribution in [-0.4, -0.2) is 10.5 Å². The molecule has 0 atom stereocenters. The molecule has 0 unspecified atom stereocenters. The van der Waals surface area contributed by atoms with Crippen LogP contribution in [0.2, 0.25) is 0 Å². The first-order valence-corrected chi connectivity index (χ1v) is 10.9. The Morgan fingerprint density at radius 1 is 0.871 bits per heavy atom. The van der Waals surface area contributed by atoms with Crippen molar-refractivity contribution in [2.45, 2.75) is 19.8 Å². The van der Waals surface area contributed by atoms with Crippen molar-refractivity contribution >= 4 is 17.2 Å². The molecule has 0 spiro atoms. The van der Waals surface area contributed by atoms with Gasteiger partial charge in [0, 0.05) is 16.5 Å². The quantitative estimate of drug-likeness (QED) is 0.437. The summed E-state index contributed by atoms with van der Waals surface area (Å²) < 4.78 is 1.55. The molecule has 1 aromatic heterocycles. The highest BCUT2D eigenvalue weighted by Crippen LogP contribution is 2.23. The molecule has 0 bridgehead atoms. The van der Waals surface area contributed by atoms with Crippen LogP contribution in [0.3, 0.4) is 0 Å². The molecule has 0 saturated heterocycles. The molecule has 4 nitrogen and oxygen atoms in total. The summed E-state index contributed by atoms with van der Waals surface area (Å²) in [7, 11) is 0. The maximum absolute atomic E-state index is 13.3. The summed E-state index contributed by atoms with van der Waals surface area (Å²) in [5.41, 5.74) is 2.95. The SMILES string of the molecule is CC(C)c1ccccc1-n1c(=O)cc(-c2ccccc2)s/c1=N\C(=O)c1ccccc1. The lowest BCUT2D eigenvalue weighted by Gasteiger charge is -2.15. The molecular weight excluding hydrogens is 404 g/mol. The molecule has 4 aromatic rings. The van der Waals surface area contributed by atoms with Crippen LogP contribution in [0.1, 0.15) is 35.7 Å². The zero-order valence-corrected chi connectivity index (χ0v) is 18.2. The topological polar surface area (TPSA) is 51.4 Å². The molecule has 0 saturated carbocycles. The van der Waals surface area contributed by atoms with E-state index in [4.69, 9.17) is 0 Å². The van der Waals surface area contributed by atoms with Gasteiger partial charge in [0.05, 0.1) is 5.69 Å². The van der Waals surface area contributed by atoms with Gasteiger partial charge in [-0.05, 0) is 35.2 Å². The van der Waals surface area contributed by atoms with Crippen LogP contribution in [0.25, 0.3) is 16.1 Å². The second-order valence-electron chi connectivity index (χ2n) is 7.43. The van der Waals surface area contributed by atoms with E-state index in [2.05, 4.69) is 18.8 Å². The molecule has 1 heterocycles. The minimum Gasteiger partial charge on any atom is -0.269 e. The van der Waals surface area contributed by atoms with Crippen molar-refractivity contribution in [3.8, 4) is 16.1 Å². The maximum Gasteiger partial charge on any atom is 0.279 e. The molecule has 5 heteroatoms. The summed E-state index contributed by atoms with van der Waals surface area (Å²) in [6, 6.07) is 27.9. The predicted octanol–water partition coefficient (Wildman–Crippen LogP) is 5.43. The van der Waals surface area contributed by atoms with Crippen LogP contribution >= 0.6 is 11.3 Å². The van der Waals surface area contributed by atoms with E-state index in [0.717, 1.165) is 21.7 Å². The van der Waals surface area contributed by atoms with Crippen LogP contribution in [0.4, 0.5) is 0 Å². The second-order valence-corrected chi connectivity index (χ2v) is 8.44. The van der Waals surface area contributed by atoms with Crippen molar-refractivity contribution < 1.29 is 4.79 Å². The Labute approximate surface area is 184 Å². The summed E-state index contributed by atoms with van der Waals surface area (Å²) in [6.45, 7) is 4.16. The van der Waals surface area contributed by atoms with Crippen molar-refractivity contribution in [1.82, 2.24) is 4.57 Å². The first-order chi connectivity index (χ1) is 15.0. The second kappa shape index (κ2) is 9.06. The summed E-state index contributed by atoms with van der Waals surface area (Å²) in [6.07, 6.45) is 0. The van der Waals surface area contributed by atoms with Gasteiger partial charge >= 0.3 is 0 Å². The van der Waals surface area contributed by atoms with E-state index in [-0.39, 0.29) is 17.4 Å². The molecule has 4 rings (SSSR count). The van der Waals surface area contributed by atoms with Gasteiger partial charge in [0.1, 0.15) is 0 Å². The van der Waals surface area contributed by atoms with E-state index >= 15 is 0 Å². The summed E-state index contributed by atoms with van der Waals surface area (Å²) in [5, 5.41) is 0. The number of carbonyl (C=O) groups is 1. The molecule has 154 valence electrons. The smallest absolute Gasteiger partial charge is 0.269 e. The van der Waals surface area contributed by atoms with Gasteiger partial charge in [0.2, 0.25) is 4.80 Å². The molecule has 1 amide bonds. The molecule has 0 N–H and O–H groups in total. The van der Waals surface area contributed by atoms with Gasteiger partial charge in [0.25, 0.3) is 11.5 Å². The number of amides is 1. The van der Waals surface area contributed by atoms with E-state index in [0.29, 0.717) is 10.4 Å². The van der Waals surface area contributed by atoms with Crippen LogP contribution in [0.15, 0.2) is 101 Å². The lowest BCUT2D eigenvalue weighted by Crippen LogP contribution is -2.31. The van der Waals surface area contributed by atoms with E-state index in [1.807, 2.05) is 60.7 Å². The standard InChI is InChI=1S/C26H22N2O2S/c1-18(2)21-15-9-10-16-22(21)28-24(29)17-23(19-11-5-3-6-12-19)31-26(28)27-25(30)20-13-7-4-8-14-20/h3-18H,1-2H3/b27-26-. The van der Waals surface area contributed by atoms with E-state index in [1.165, 1.54) is 11.3 Å². The average molecular weight is 427 g/mol. The van der Waals surface area contributed by atoms with Crippen molar-refractivity contribution in [3.63, 3.8) is 0 Å². The van der Waals surface area contributed by atoms with Gasteiger partial charge in [-0.1, -0.05) is 91.9 Å². The largest absolute Gasteiger partial charge is 0.279 e. The lowest BCUT2D eigenvalue weighted by atomic mass is 10.0. The Balaban J connectivity index is 2.00. The van der Waals surface area contributed by atoms with Gasteiger partial charge in [-0.25, -0.2) is 0 Å². The molecule has 0 aliphatic heterocycles. The van der Waals surface area contributed by atoms with Crippen LogP contribution in [-0.2, 0) is 0 Å². The maximum atomic E-state index is 13.3. The average Bonchev–Trinajstić information content (AvgIpc) is 2.80. The third-order valence-electron chi connectivity index (χ3n) is 4.94. The molecule has 3 aromatic carbocycles. The zero-order chi connectivity index (χ0) is 21.8. The normalized spacial score (nSPS) is 11.6. The van der Waals surface area contributed by atoms with Gasteiger partial charge in [-0.2, -0.15) is 4.99 Å². The minimum absolute atomic E-state index is 0.208. The van der Waals surface area contributed by atoms with Gasteiger partial charge in [0.15, 0.2) is 0 Å². The lowest BCUT2D eigenvalue weighted by molar-refractivity contribution is 0.0998.